The van der Waals surface area contributed by atoms with Gasteiger partial charge in [-0.25, -0.2) is 8.42 Å². The normalized spacial score (nSPS) is 13.1. The first-order valence-corrected chi connectivity index (χ1v) is 8.03. The van der Waals surface area contributed by atoms with E-state index >= 15 is 0 Å². The van der Waals surface area contributed by atoms with Crippen LogP contribution in [0, 0.1) is 23.0 Å². The topological polar surface area (TPSA) is 127 Å². The van der Waals surface area contributed by atoms with E-state index in [1.807, 2.05) is 0 Å². The molecule has 0 bridgehead atoms. The number of hydrogen-bond acceptors (Lipinski definition) is 5. The molecule has 0 spiro atoms. The number of rotatable bonds is 7. The van der Waals surface area contributed by atoms with Crippen molar-refractivity contribution in [1.82, 2.24) is 4.72 Å². The summed E-state index contributed by atoms with van der Waals surface area (Å²) in [5.74, 6) is -1.32. The van der Waals surface area contributed by atoms with Crippen LogP contribution >= 0.6 is 0 Å². The summed E-state index contributed by atoms with van der Waals surface area (Å²) in [6.07, 6.45) is 0.114. The molecule has 0 aliphatic rings. The molecule has 0 radical (unpaired) electrons. The quantitative estimate of drug-likeness (QED) is 0.578. The summed E-state index contributed by atoms with van der Waals surface area (Å²) < 4.78 is 26.5. The highest BCUT2D eigenvalue weighted by atomic mass is 32.2. The number of aliphatic carboxylic acids is 1. The van der Waals surface area contributed by atoms with E-state index in [-0.39, 0.29) is 22.9 Å². The van der Waals surface area contributed by atoms with Crippen molar-refractivity contribution in [2.24, 2.45) is 5.92 Å². The molecule has 0 saturated carbocycles. The number of carboxylic acids is 1. The van der Waals surface area contributed by atoms with E-state index < -0.39 is 27.0 Å². The summed E-state index contributed by atoms with van der Waals surface area (Å²) in [4.78, 5) is 21.0. The maximum atomic E-state index is 12.2. The van der Waals surface area contributed by atoms with E-state index in [4.69, 9.17) is 5.11 Å². The Kier molecular flexibility index (Phi) is 5.61. The fraction of sp³-hybridized carbons (Fsp3) is 0.462. The van der Waals surface area contributed by atoms with Gasteiger partial charge in [0.2, 0.25) is 10.0 Å². The van der Waals surface area contributed by atoms with Gasteiger partial charge in [0.25, 0.3) is 5.69 Å². The summed E-state index contributed by atoms with van der Waals surface area (Å²) in [7, 11) is -4.16. The van der Waals surface area contributed by atoms with Crippen LogP contribution in [0.4, 0.5) is 5.69 Å². The molecule has 1 aromatic carbocycles. The van der Waals surface area contributed by atoms with Crippen LogP contribution in [0.3, 0.4) is 0 Å². The van der Waals surface area contributed by atoms with E-state index in [1.165, 1.54) is 19.1 Å². The van der Waals surface area contributed by atoms with E-state index in [2.05, 4.69) is 4.72 Å². The number of carboxylic acid groups (broad SMARTS) is 1. The molecule has 0 aliphatic carbocycles. The largest absolute Gasteiger partial charge is 0.480 e. The maximum Gasteiger partial charge on any atom is 0.321 e. The van der Waals surface area contributed by atoms with Gasteiger partial charge in [0.1, 0.15) is 6.04 Å². The van der Waals surface area contributed by atoms with Crippen molar-refractivity contribution < 1.29 is 23.2 Å². The van der Waals surface area contributed by atoms with Crippen molar-refractivity contribution in [3.63, 3.8) is 0 Å². The van der Waals surface area contributed by atoms with E-state index in [0.717, 1.165) is 6.07 Å². The SMILES string of the molecule is Cc1ccc(S(=O)(=O)N[C@@H](CC(C)C)C(=O)O)cc1[N+](=O)[O-]. The molecule has 0 aromatic heterocycles. The van der Waals surface area contributed by atoms with Gasteiger partial charge in [-0.2, -0.15) is 4.72 Å². The van der Waals surface area contributed by atoms with Gasteiger partial charge >= 0.3 is 5.97 Å². The van der Waals surface area contributed by atoms with Gasteiger partial charge in [0, 0.05) is 11.6 Å². The Morgan fingerprint density at radius 1 is 1.41 bits per heavy atom. The fourth-order valence-corrected chi connectivity index (χ4v) is 3.10. The average Bonchev–Trinajstić information content (AvgIpc) is 2.36. The number of aryl methyl sites for hydroxylation is 1. The molecular weight excluding hydrogens is 312 g/mol. The van der Waals surface area contributed by atoms with Gasteiger partial charge in [-0.1, -0.05) is 19.9 Å². The Hall–Kier alpha value is -2.00. The van der Waals surface area contributed by atoms with Gasteiger partial charge in [0.15, 0.2) is 0 Å². The minimum Gasteiger partial charge on any atom is -0.480 e. The summed E-state index contributed by atoms with van der Waals surface area (Å²) in [6, 6.07) is 2.15. The first-order chi connectivity index (χ1) is 10.0. The van der Waals surface area contributed by atoms with Crippen LogP contribution in [-0.2, 0) is 14.8 Å². The number of benzene rings is 1. The number of carbonyl (C=O) groups is 1. The lowest BCUT2D eigenvalue weighted by Gasteiger charge is -2.16. The van der Waals surface area contributed by atoms with E-state index in [1.54, 1.807) is 13.8 Å². The van der Waals surface area contributed by atoms with Gasteiger partial charge < -0.3 is 5.11 Å². The zero-order chi connectivity index (χ0) is 17.1. The molecule has 2 N–H and O–H groups in total. The van der Waals surface area contributed by atoms with Gasteiger partial charge in [-0.05, 0) is 25.3 Å². The lowest BCUT2D eigenvalue weighted by atomic mass is 10.1. The van der Waals surface area contributed by atoms with Crippen LogP contribution in [0.25, 0.3) is 0 Å². The third-order valence-electron chi connectivity index (χ3n) is 2.99. The molecule has 22 heavy (non-hydrogen) atoms. The lowest BCUT2D eigenvalue weighted by Crippen LogP contribution is -2.41. The number of nitrogens with zero attached hydrogens (tertiary/aromatic N) is 1. The van der Waals surface area contributed by atoms with Crippen molar-refractivity contribution >= 4 is 21.7 Å². The maximum absolute atomic E-state index is 12.2. The summed E-state index contributed by atoms with van der Waals surface area (Å²) in [5, 5.41) is 20.0. The third kappa shape index (κ3) is 4.50. The number of nitro groups is 1. The zero-order valence-electron chi connectivity index (χ0n) is 12.4. The number of hydrogen-bond donors (Lipinski definition) is 2. The van der Waals surface area contributed by atoms with E-state index in [9.17, 15) is 23.3 Å². The van der Waals surface area contributed by atoms with Crippen molar-refractivity contribution in [3.05, 3.63) is 33.9 Å². The molecule has 0 amide bonds. The Morgan fingerprint density at radius 2 is 2.00 bits per heavy atom. The standard InChI is InChI=1S/C13H18N2O6S/c1-8(2)6-11(13(16)17)14-22(20,21)10-5-4-9(3)12(7-10)15(18)19/h4-5,7-8,11,14H,6H2,1-3H3,(H,16,17)/t11-/m0/s1. The monoisotopic (exact) mass is 330 g/mol. The summed E-state index contributed by atoms with van der Waals surface area (Å²) in [6.45, 7) is 5.02. The lowest BCUT2D eigenvalue weighted by molar-refractivity contribution is -0.385. The molecule has 0 saturated heterocycles. The minimum absolute atomic E-state index is 0.0313. The van der Waals surface area contributed by atoms with Crippen molar-refractivity contribution in [2.75, 3.05) is 0 Å². The number of nitrogens with one attached hydrogen (secondary N) is 1. The second-order valence-corrected chi connectivity index (χ2v) is 7.06. The zero-order valence-corrected chi connectivity index (χ0v) is 13.3. The second-order valence-electron chi connectivity index (χ2n) is 5.35. The molecule has 1 aromatic rings. The highest BCUT2D eigenvalue weighted by Crippen LogP contribution is 2.22. The molecule has 1 rings (SSSR count). The van der Waals surface area contributed by atoms with Gasteiger partial charge in [-0.15, -0.1) is 0 Å². The van der Waals surface area contributed by atoms with Crippen molar-refractivity contribution in [1.29, 1.82) is 0 Å². The van der Waals surface area contributed by atoms with Crippen LogP contribution in [0.15, 0.2) is 23.1 Å². The smallest absolute Gasteiger partial charge is 0.321 e. The molecule has 0 unspecified atom stereocenters. The molecular formula is C13H18N2O6S. The average molecular weight is 330 g/mol. The number of nitro benzene ring substituents is 1. The molecule has 0 aliphatic heterocycles. The third-order valence-corrected chi connectivity index (χ3v) is 4.46. The van der Waals surface area contributed by atoms with Crippen LogP contribution in [0.1, 0.15) is 25.8 Å². The molecule has 0 heterocycles. The van der Waals surface area contributed by atoms with Gasteiger partial charge in [-0.3, -0.25) is 14.9 Å². The Morgan fingerprint density at radius 3 is 2.45 bits per heavy atom. The molecule has 122 valence electrons. The summed E-state index contributed by atoms with van der Waals surface area (Å²) >= 11 is 0. The second kappa shape index (κ2) is 6.84. The molecule has 0 fully saturated rings. The van der Waals surface area contributed by atoms with Crippen LogP contribution in [0.2, 0.25) is 0 Å². The van der Waals surface area contributed by atoms with Crippen LogP contribution < -0.4 is 4.72 Å². The first-order valence-electron chi connectivity index (χ1n) is 6.54. The number of sulfonamides is 1. The van der Waals surface area contributed by atoms with Gasteiger partial charge in [0.05, 0.1) is 9.82 Å². The fourth-order valence-electron chi connectivity index (χ4n) is 1.88. The minimum atomic E-state index is -4.16. The molecule has 9 heteroatoms. The molecule has 1 atom stereocenters. The molecule has 8 nitrogen and oxygen atoms in total. The first kappa shape index (κ1) is 18.1. The van der Waals surface area contributed by atoms with Crippen molar-refractivity contribution in [3.8, 4) is 0 Å². The van der Waals surface area contributed by atoms with Crippen molar-refractivity contribution in [2.45, 2.75) is 38.1 Å². The Balaban J connectivity index is 3.16. The predicted octanol–water partition coefficient (Wildman–Crippen LogP) is 1.68. The van der Waals surface area contributed by atoms with Crippen LogP contribution in [-0.4, -0.2) is 30.5 Å². The highest BCUT2D eigenvalue weighted by Gasteiger charge is 2.27. The highest BCUT2D eigenvalue weighted by molar-refractivity contribution is 7.89. The summed E-state index contributed by atoms with van der Waals surface area (Å²) in [5.41, 5.74) is -0.0143. The predicted molar refractivity (Wildman–Crippen MR) is 79.0 cm³/mol. The van der Waals surface area contributed by atoms with Crippen LogP contribution in [0.5, 0.6) is 0 Å². The van der Waals surface area contributed by atoms with E-state index in [0.29, 0.717) is 5.56 Å². The Labute approximate surface area is 128 Å². The Bertz CT molecular complexity index is 684.